The Morgan fingerprint density at radius 2 is 1.38 bits per heavy atom. The van der Waals surface area contributed by atoms with Crippen LogP contribution in [0.15, 0.2) is 72.3 Å². The van der Waals surface area contributed by atoms with Crippen molar-refractivity contribution in [2.75, 3.05) is 38.2 Å². The van der Waals surface area contributed by atoms with E-state index in [1.54, 1.807) is 18.2 Å². The fraction of sp³-hybridized carbons (Fsp3) is 0.367. The van der Waals surface area contributed by atoms with E-state index in [1.807, 2.05) is 24.3 Å². The summed E-state index contributed by atoms with van der Waals surface area (Å²) in [6.07, 6.45) is 8.21. The van der Waals surface area contributed by atoms with Crippen LogP contribution in [0, 0.1) is 0 Å². The van der Waals surface area contributed by atoms with Gasteiger partial charge in [0, 0.05) is 30.9 Å². The van der Waals surface area contributed by atoms with Gasteiger partial charge in [-0.05, 0) is 91.4 Å². The molecule has 1 aliphatic rings. The van der Waals surface area contributed by atoms with Crippen LogP contribution in [0.4, 0.5) is 5.69 Å². The SMILES string of the molecule is CCN(CC)c1ccc(C(=C2C=CC(=[N+](CC)CC)C=C2)c2ccc(CS(=O)(=O)O)c(CS(=O)(=O)OC)c2)cc1. The molecular weight excluding hydrogens is 548 g/mol. The van der Waals surface area contributed by atoms with Gasteiger partial charge < -0.3 is 4.90 Å². The average molecular weight is 588 g/mol. The zero-order chi connectivity index (χ0) is 29.5. The van der Waals surface area contributed by atoms with Crippen LogP contribution < -0.4 is 4.90 Å². The van der Waals surface area contributed by atoms with Gasteiger partial charge in [0.25, 0.3) is 20.2 Å². The molecule has 0 saturated carbocycles. The van der Waals surface area contributed by atoms with E-state index in [4.69, 9.17) is 0 Å². The van der Waals surface area contributed by atoms with Crippen LogP contribution in [0.5, 0.6) is 0 Å². The van der Waals surface area contributed by atoms with Gasteiger partial charge in [0.15, 0.2) is 5.71 Å². The lowest BCUT2D eigenvalue weighted by atomic mass is 9.89. The fourth-order valence-electron chi connectivity index (χ4n) is 4.86. The van der Waals surface area contributed by atoms with E-state index in [0.717, 1.165) is 61.4 Å². The molecule has 2 aromatic rings. The third-order valence-corrected chi connectivity index (χ3v) is 8.84. The highest BCUT2D eigenvalue weighted by molar-refractivity contribution is 7.86. The molecule has 0 spiro atoms. The molecule has 10 heteroatoms. The molecular formula is C30H39N2O6S2+. The van der Waals surface area contributed by atoms with Crippen LogP contribution in [0.3, 0.4) is 0 Å². The van der Waals surface area contributed by atoms with Gasteiger partial charge in [-0.15, -0.1) is 0 Å². The first-order valence-electron chi connectivity index (χ1n) is 13.4. The van der Waals surface area contributed by atoms with Crippen molar-refractivity contribution in [2.24, 2.45) is 0 Å². The lowest BCUT2D eigenvalue weighted by Gasteiger charge is -2.22. The molecule has 0 radical (unpaired) electrons. The topological polar surface area (TPSA) is 104 Å². The Hall–Kier alpha value is -3.05. The van der Waals surface area contributed by atoms with Crippen molar-refractivity contribution >= 4 is 37.2 Å². The normalized spacial score (nSPS) is 13.6. The second kappa shape index (κ2) is 13.5. The van der Waals surface area contributed by atoms with Crippen molar-refractivity contribution in [3.63, 3.8) is 0 Å². The molecule has 40 heavy (non-hydrogen) atoms. The second-order valence-corrected chi connectivity index (χ2v) is 12.6. The molecule has 0 fully saturated rings. The summed E-state index contributed by atoms with van der Waals surface area (Å²) >= 11 is 0. The maximum absolute atomic E-state index is 12.4. The number of anilines is 1. The van der Waals surface area contributed by atoms with Crippen LogP contribution in [0.25, 0.3) is 5.57 Å². The minimum absolute atomic E-state index is 0.194. The molecule has 0 heterocycles. The standard InChI is InChI=1S/C30H38N2O6S2/c1-6-31(7-2)28-16-12-23(13-17-28)30(24-14-18-29(19-15-24)32(8-3)9-4)25-10-11-26(21-39(33,34)35)27(20-25)22-40(36,37)38-5/h10-20H,6-9,21-22H2,1-5H3/p+1. The summed E-state index contributed by atoms with van der Waals surface area (Å²) in [5.41, 5.74) is 6.07. The molecule has 3 rings (SSSR count). The largest absolute Gasteiger partial charge is 0.372 e. The van der Waals surface area contributed by atoms with Crippen LogP contribution in [0.2, 0.25) is 0 Å². The Morgan fingerprint density at radius 3 is 1.88 bits per heavy atom. The van der Waals surface area contributed by atoms with E-state index in [2.05, 4.69) is 65.6 Å². The van der Waals surface area contributed by atoms with Gasteiger partial charge in [0.2, 0.25) is 0 Å². The van der Waals surface area contributed by atoms with Gasteiger partial charge in [0.05, 0.1) is 7.11 Å². The van der Waals surface area contributed by atoms with Crippen molar-refractivity contribution < 1.29 is 30.1 Å². The predicted octanol–water partition coefficient (Wildman–Crippen LogP) is 4.82. The number of hydrogen-bond acceptors (Lipinski definition) is 6. The van der Waals surface area contributed by atoms with E-state index in [0.29, 0.717) is 5.56 Å². The highest BCUT2D eigenvalue weighted by Gasteiger charge is 2.21. The van der Waals surface area contributed by atoms with E-state index in [-0.39, 0.29) is 11.1 Å². The highest BCUT2D eigenvalue weighted by atomic mass is 32.2. The number of hydrogen-bond donors (Lipinski definition) is 1. The number of nitrogens with zero attached hydrogens (tertiary/aromatic N) is 2. The molecule has 216 valence electrons. The molecule has 1 N–H and O–H groups in total. The van der Waals surface area contributed by atoms with Gasteiger partial charge in [-0.1, -0.05) is 24.3 Å². The first-order chi connectivity index (χ1) is 18.9. The van der Waals surface area contributed by atoms with Crippen LogP contribution in [0.1, 0.15) is 49.9 Å². The molecule has 0 aliphatic heterocycles. The molecule has 0 aromatic heterocycles. The maximum Gasteiger partial charge on any atom is 0.271 e. The van der Waals surface area contributed by atoms with E-state index < -0.39 is 31.7 Å². The van der Waals surface area contributed by atoms with Gasteiger partial charge >= 0.3 is 0 Å². The molecule has 0 amide bonds. The quantitative estimate of drug-likeness (QED) is 0.216. The summed E-state index contributed by atoms with van der Waals surface area (Å²) in [6.45, 7) is 12.0. The number of benzene rings is 2. The third kappa shape index (κ3) is 8.00. The summed E-state index contributed by atoms with van der Waals surface area (Å²) in [5.74, 6) is -1.23. The minimum Gasteiger partial charge on any atom is -0.372 e. The Balaban J connectivity index is 2.25. The van der Waals surface area contributed by atoms with Crippen LogP contribution >= 0.6 is 0 Å². The van der Waals surface area contributed by atoms with Crippen molar-refractivity contribution in [2.45, 2.75) is 39.2 Å². The van der Waals surface area contributed by atoms with Crippen LogP contribution in [-0.4, -0.2) is 65.0 Å². The van der Waals surface area contributed by atoms with Crippen LogP contribution in [-0.2, 0) is 35.9 Å². The third-order valence-electron chi connectivity index (χ3n) is 6.99. The lowest BCUT2D eigenvalue weighted by Crippen LogP contribution is -2.21. The second-order valence-electron chi connectivity index (χ2n) is 9.39. The maximum atomic E-state index is 12.4. The van der Waals surface area contributed by atoms with Gasteiger partial charge in [0.1, 0.15) is 24.6 Å². The van der Waals surface area contributed by atoms with Crippen molar-refractivity contribution in [3.8, 4) is 0 Å². The van der Waals surface area contributed by atoms with Crippen molar-refractivity contribution in [1.82, 2.24) is 0 Å². The summed E-state index contributed by atoms with van der Waals surface area (Å²) in [6, 6.07) is 13.2. The molecule has 2 aromatic carbocycles. The first-order valence-corrected chi connectivity index (χ1v) is 16.6. The van der Waals surface area contributed by atoms with E-state index in [9.17, 15) is 21.4 Å². The summed E-state index contributed by atoms with van der Waals surface area (Å²) in [7, 11) is -7.28. The predicted molar refractivity (Wildman–Crippen MR) is 162 cm³/mol. The number of allylic oxidation sites excluding steroid dienone is 5. The zero-order valence-electron chi connectivity index (χ0n) is 23.8. The lowest BCUT2D eigenvalue weighted by molar-refractivity contribution is -0.519. The molecule has 0 atom stereocenters. The van der Waals surface area contributed by atoms with Gasteiger partial charge in [-0.3, -0.25) is 8.74 Å². The first kappa shape index (κ1) is 31.5. The smallest absolute Gasteiger partial charge is 0.271 e. The van der Waals surface area contributed by atoms with Crippen molar-refractivity contribution in [3.05, 3.63) is 94.6 Å². The van der Waals surface area contributed by atoms with Gasteiger partial charge in [-0.2, -0.15) is 16.8 Å². The Labute approximate surface area is 238 Å². The number of rotatable bonds is 12. The molecule has 0 bridgehead atoms. The Morgan fingerprint density at radius 1 is 0.800 bits per heavy atom. The summed E-state index contributed by atoms with van der Waals surface area (Å²) in [4.78, 5) is 2.25. The average Bonchev–Trinajstić information content (AvgIpc) is 2.92. The zero-order valence-corrected chi connectivity index (χ0v) is 25.4. The highest BCUT2D eigenvalue weighted by Crippen LogP contribution is 2.33. The molecule has 1 aliphatic carbocycles. The fourth-order valence-corrected chi connectivity index (χ4v) is 6.30. The Bertz CT molecular complexity index is 1520. The molecule has 0 saturated heterocycles. The minimum atomic E-state index is -4.39. The van der Waals surface area contributed by atoms with Gasteiger partial charge in [-0.25, -0.2) is 4.58 Å². The molecule has 0 unspecified atom stereocenters. The molecule has 8 nitrogen and oxygen atoms in total. The Kier molecular flexibility index (Phi) is 10.7. The van der Waals surface area contributed by atoms with E-state index in [1.165, 1.54) is 0 Å². The van der Waals surface area contributed by atoms with E-state index >= 15 is 0 Å². The summed E-state index contributed by atoms with van der Waals surface area (Å²) < 4.78 is 64.5. The summed E-state index contributed by atoms with van der Waals surface area (Å²) in [5, 5.41) is 0. The van der Waals surface area contributed by atoms with Crippen molar-refractivity contribution in [1.29, 1.82) is 0 Å². The monoisotopic (exact) mass is 587 g/mol.